The number of carboxylic acid groups (broad SMARTS) is 1. The van der Waals surface area contributed by atoms with Gasteiger partial charge in [0.05, 0.1) is 6.07 Å². The summed E-state index contributed by atoms with van der Waals surface area (Å²) in [7, 11) is -3.78. The van der Waals surface area contributed by atoms with E-state index in [1.807, 2.05) is 6.07 Å². The van der Waals surface area contributed by atoms with E-state index in [9.17, 15) is 13.2 Å². The maximum absolute atomic E-state index is 12.3. The first-order chi connectivity index (χ1) is 8.45. The van der Waals surface area contributed by atoms with Gasteiger partial charge in [-0.2, -0.15) is 22.3 Å². The summed E-state index contributed by atoms with van der Waals surface area (Å²) in [6.45, 7) is 2.22. The van der Waals surface area contributed by atoms with Crippen LogP contribution < -0.4 is 0 Å². The fourth-order valence-electron chi connectivity index (χ4n) is 2.02. The first kappa shape index (κ1) is 14.9. The lowest BCUT2D eigenvalue weighted by atomic mass is 10.2. The molecule has 1 atom stereocenters. The van der Waals surface area contributed by atoms with Crippen LogP contribution in [0.15, 0.2) is 0 Å². The minimum absolute atomic E-state index is 0.0954. The van der Waals surface area contributed by atoms with Crippen molar-refractivity contribution in [3.63, 3.8) is 0 Å². The topological polar surface area (TPSA) is 102 Å². The molecule has 1 aliphatic heterocycles. The zero-order valence-electron chi connectivity index (χ0n) is 10.2. The van der Waals surface area contributed by atoms with E-state index >= 15 is 0 Å². The normalized spacial score (nSPS) is 21.1. The number of hydrogen-bond donors (Lipinski definition) is 1. The maximum atomic E-state index is 12.3. The highest BCUT2D eigenvalue weighted by atomic mass is 32.2. The highest BCUT2D eigenvalue weighted by Gasteiger charge is 2.41. The number of nitrogens with zero attached hydrogens (tertiary/aromatic N) is 3. The molecule has 0 amide bonds. The van der Waals surface area contributed by atoms with Gasteiger partial charge in [-0.15, -0.1) is 0 Å². The summed E-state index contributed by atoms with van der Waals surface area (Å²) >= 11 is 0. The SMILES string of the molecule is CCN(CCC#N)S(=O)(=O)N1CCC[C@H]1C(=O)O. The van der Waals surface area contributed by atoms with Gasteiger partial charge in [0.15, 0.2) is 0 Å². The summed E-state index contributed by atoms with van der Waals surface area (Å²) < 4.78 is 26.7. The molecule has 0 bridgehead atoms. The van der Waals surface area contributed by atoms with Crippen LogP contribution in [0.4, 0.5) is 0 Å². The Morgan fingerprint density at radius 3 is 2.78 bits per heavy atom. The van der Waals surface area contributed by atoms with Gasteiger partial charge < -0.3 is 5.11 Å². The molecule has 7 nitrogen and oxygen atoms in total. The number of rotatable bonds is 6. The lowest BCUT2D eigenvalue weighted by Crippen LogP contribution is -2.48. The van der Waals surface area contributed by atoms with Crippen molar-refractivity contribution in [2.24, 2.45) is 0 Å². The minimum Gasteiger partial charge on any atom is -0.480 e. The lowest BCUT2D eigenvalue weighted by molar-refractivity contribution is -0.140. The first-order valence-electron chi connectivity index (χ1n) is 5.81. The zero-order chi connectivity index (χ0) is 13.8. The molecule has 1 N–H and O–H groups in total. The maximum Gasteiger partial charge on any atom is 0.322 e. The van der Waals surface area contributed by atoms with Gasteiger partial charge >= 0.3 is 5.97 Å². The molecular formula is C10H17N3O4S. The average molecular weight is 275 g/mol. The molecule has 0 unspecified atom stereocenters. The van der Waals surface area contributed by atoms with Gasteiger partial charge in [-0.1, -0.05) is 6.92 Å². The van der Waals surface area contributed by atoms with Gasteiger partial charge in [0, 0.05) is 26.1 Å². The Morgan fingerprint density at radius 1 is 1.61 bits per heavy atom. The molecule has 0 spiro atoms. The smallest absolute Gasteiger partial charge is 0.322 e. The Labute approximate surface area is 107 Å². The van der Waals surface area contributed by atoms with Gasteiger partial charge in [0.25, 0.3) is 10.2 Å². The van der Waals surface area contributed by atoms with Crippen LogP contribution in [-0.2, 0) is 15.0 Å². The van der Waals surface area contributed by atoms with Gasteiger partial charge in [-0.3, -0.25) is 4.79 Å². The molecule has 0 aliphatic carbocycles. The summed E-state index contributed by atoms with van der Waals surface area (Å²) in [4.78, 5) is 11.0. The molecule has 0 saturated carbocycles. The number of hydrogen-bond acceptors (Lipinski definition) is 4. The average Bonchev–Trinajstić information content (AvgIpc) is 2.79. The predicted octanol–water partition coefficient (Wildman–Crippen LogP) is 0.0158. The van der Waals surface area contributed by atoms with Crippen molar-refractivity contribution in [2.75, 3.05) is 19.6 Å². The van der Waals surface area contributed by atoms with Crippen LogP contribution in [0.25, 0.3) is 0 Å². The molecule has 18 heavy (non-hydrogen) atoms. The van der Waals surface area contributed by atoms with Crippen LogP contribution in [0.1, 0.15) is 26.2 Å². The van der Waals surface area contributed by atoms with Gasteiger partial charge in [-0.25, -0.2) is 0 Å². The fourth-order valence-corrected chi connectivity index (χ4v) is 3.84. The third-order valence-electron chi connectivity index (χ3n) is 2.94. The molecule has 0 radical (unpaired) electrons. The fraction of sp³-hybridized carbons (Fsp3) is 0.800. The van der Waals surface area contributed by atoms with E-state index < -0.39 is 22.2 Å². The zero-order valence-corrected chi connectivity index (χ0v) is 11.1. The second-order valence-corrected chi connectivity index (χ2v) is 5.90. The molecule has 1 fully saturated rings. The molecule has 1 heterocycles. The van der Waals surface area contributed by atoms with Crippen molar-refractivity contribution in [1.82, 2.24) is 8.61 Å². The molecule has 0 aromatic rings. The summed E-state index contributed by atoms with van der Waals surface area (Å²) in [6, 6.07) is 0.908. The van der Waals surface area contributed by atoms with E-state index in [1.54, 1.807) is 6.92 Å². The molecule has 1 saturated heterocycles. The number of carbonyl (C=O) groups is 1. The quantitative estimate of drug-likeness (QED) is 0.736. The minimum atomic E-state index is -3.78. The Hall–Kier alpha value is -1.17. The second-order valence-electron chi connectivity index (χ2n) is 4.01. The van der Waals surface area contributed by atoms with Crippen molar-refractivity contribution >= 4 is 16.2 Å². The molecule has 102 valence electrons. The van der Waals surface area contributed by atoms with E-state index in [1.165, 1.54) is 0 Å². The highest BCUT2D eigenvalue weighted by molar-refractivity contribution is 7.86. The molecule has 1 rings (SSSR count). The summed E-state index contributed by atoms with van der Waals surface area (Å²) in [5.74, 6) is -1.12. The van der Waals surface area contributed by atoms with Gasteiger partial charge in [0.1, 0.15) is 6.04 Å². The molecule has 8 heteroatoms. The summed E-state index contributed by atoms with van der Waals surface area (Å²) in [5.41, 5.74) is 0. The van der Waals surface area contributed by atoms with Crippen molar-refractivity contribution in [2.45, 2.75) is 32.2 Å². The van der Waals surface area contributed by atoms with Crippen LogP contribution in [0.3, 0.4) is 0 Å². The number of aliphatic carboxylic acids is 1. The number of carboxylic acids is 1. The Balaban J connectivity index is 2.90. The van der Waals surface area contributed by atoms with E-state index in [0.29, 0.717) is 12.8 Å². The van der Waals surface area contributed by atoms with E-state index in [4.69, 9.17) is 10.4 Å². The Kier molecular flexibility index (Phi) is 5.07. The number of nitriles is 1. The van der Waals surface area contributed by atoms with Crippen molar-refractivity contribution in [1.29, 1.82) is 5.26 Å². The van der Waals surface area contributed by atoms with Gasteiger partial charge in [0.2, 0.25) is 0 Å². The molecule has 0 aromatic heterocycles. The predicted molar refractivity (Wildman–Crippen MR) is 63.8 cm³/mol. The third-order valence-corrected chi connectivity index (χ3v) is 5.06. The Bertz CT molecular complexity index is 443. The Morgan fingerprint density at radius 2 is 2.28 bits per heavy atom. The lowest BCUT2D eigenvalue weighted by Gasteiger charge is -2.28. The summed E-state index contributed by atoms with van der Waals surface area (Å²) in [6.07, 6.45) is 0.981. The van der Waals surface area contributed by atoms with Gasteiger partial charge in [-0.05, 0) is 12.8 Å². The van der Waals surface area contributed by atoms with E-state index in [0.717, 1.165) is 8.61 Å². The van der Waals surface area contributed by atoms with Crippen molar-refractivity contribution < 1.29 is 18.3 Å². The largest absolute Gasteiger partial charge is 0.480 e. The van der Waals surface area contributed by atoms with E-state index in [-0.39, 0.29) is 26.1 Å². The summed E-state index contributed by atoms with van der Waals surface area (Å²) in [5, 5.41) is 17.5. The standard InChI is InChI=1S/C10H17N3O4S/c1-2-12(7-4-6-11)18(16,17)13-8-3-5-9(13)10(14)15/h9H,2-5,7-8H2,1H3,(H,14,15)/t9-/m0/s1. The van der Waals surface area contributed by atoms with Crippen LogP contribution in [0, 0.1) is 11.3 Å². The van der Waals surface area contributed by atoms with Crippen molar-refractivity contribution in [3.05, 3.63) is 0 Å². The molecule has 0 aromatic carbocycles. The second kappa shape index (κ2) is 6.13. The van der Waals surface area contributed by atoms with Crippen LogP contribution >= 0.6 is 0 Å². The highest BCUT2D eigenvalue weighted by Crippen LogP contribution is 2.23. The van der Waals surface area contributed by atoms with Crippen LogP contribution in [0.2, 0.25) is 0 Å². The monoisotopic (exact) mass is 275 g/mol. The first-order valence-corrected chi connectivity index (χ1v) is 7.21. The van der Waals surface area contributed by atoms with Crippen molar-refractivity contribution in [3.8, 4) is 6.07 Å². The molecular weight excluding hydrogens is 258 g/mol. The molecule has 1 aliphatic rings. The van der Waals surface area contributed by atoms with Crippen LogP contribution in [0.5, 0.6) is 0 Å². The van der Waals surface area contributed by atoms with E-state index in [2.05, 4.69) is 0 Å². The third kappa shape index (κ3) is 2.98. The van der Waals surface area contributed by atoms with Crippen LogP contribution in [-0.4, -0.2) is 53.8 Å².